The molecule has 1 N–H and O–H groups in total. The largest absolute Gasteiger partial charge is 0.379 e. The molecule has 0 fully saturated rings. The number of nitrogens with zero attached hydrogens (tertiary/aromatic N) is 1. The molecule has 0 amide bonds. The molecule has 2 atom stereocenters. The Kier molecular flexibility index (Phi) is 5.43. The van der Waals surface area contributed by atoms with Gasteiger partial charge in [0.15, 0.2) is 0 Å². The molecule has 16 heavy (non-hydrogen) atoms. The minimum atomic E-state index is 0.197. The maximum Gasteiger partial charge on any atom is 0.0764 e. The molecule has 0 saturated heterocycles. The third-order valence-electron chi connectivity index (χ3n) is 2.92. The topological polar surface area (TPSA) is 34.2 Å². The van der Waals surface area contributed by atoms with Crippen molar-refractivity contribution < 1.29 is 4.74 Å². The molecule has 3 heteroatoms. The van der Waals surface area contributed by atoms with Crippen LogP contribution in [-0.4, -0.2) is 24.7 Å². The van der Waals surface area contributed by atoms with Crippen molar-refractivity contribution in [2.75, 3.05) is 13.7 Å². The number of hydrogen-bond donors (Lipinski definition) is 1. The zero-order valence-electron chi connectivity index (χ0n) is 10.7. The summed E-state index contributed by atoms with van der Waals surface area (Å²) in [6.07, 6.45) is 4.95. The molecule has 1 aromatic rings. The lowest BCUT2D eigenvalue weighted by Gasteiger charge is -2.27. The first-order valence-corrected chi connectivity index (χ1v) is 5.91. The van der Waals surface area contributed by atoms with Crippen molar-refractivity contribution in [3.63, 3.8) is 0 Å². The van der Waals surface area contributed by atoms with E-state index in [-0.39, 0.29) is 12.1 Å². The van der Waals surface area contributed by atoms with E-state index < -0.39 is 0 Å². The summed E-state index contributed by atoms with van der Waals surface area (Å²) in [4.78, 5) is 4.20. The van der Waals surface area contributed by atoms with Crippen LogP contribution < -0.4 is 5.32 Å². The first kappa shape index (κ1) is 13.1. The van der Waals surface area contributed by atoms with Crippen LogP contribution in [0.3, 0.4) is 0 Å². The maximum atomic E-state index is 5.53. The van der Waals surface area contributed by atoms with Crippen LogP contribution in [0.1, 0.15) is 37.4 Å². The van der Waals surface area contributed by atoms with E-state index in [1.165, 1.54) is 11.1 Å². The van der Waals surface area contributed by atoms with Gasteiger partial charge >= 0.3 is 0 Å². The van der Waals surface area contributed by atoms with Gasteiger partial charge in [-0.3, -0.25) is 4.98 Å². The van der Waals surface area contributed by atoms with E-state index >= 15 is 0 Å². The molecule has 3 nitrogen and oxygen atoms in total. The average molecular weight is 222 g/mol. The molecule has 1 rings (SSSR count). The summed E-state index contributed by atoms with van der Waals surface area (Å²) in [5.41, 5.74) is 2.49. The highest BCUT2D eigenvalue weighted by atomic mass is 16.5. The molecule has 0 aliphatic carbocycles. The minimum Gasteiger partial charge on any atom is -0.379 e. The number of hydrogen-bond acceptors (Lipinski definition) is 3. The van der Waals surface area contributed by atoms with Crippen molar-refractivity contribution in [1.82, 2.24) is 10.3 Å². The molecule has 0 saturated carbocycles. The second-order valence-corrected chi connectivity index (χ2v) is 3.95. The molecule has 90 valence electrons. The lowest BCUT2D eigenvalue weighted by molar-refractivity contribution is 0.0653. The molecule has 0 aromatic carbocycles. The van der Waals surface area contributed by atoms with E-state index in [9.17, 15) is 0 Å². The normalized spacial score (nSPS) is 14.8. The van der Waals surface area contributed by atoms with Gasteiger partial charge in [-0.25, -0.2) is 0 Å². The first-order chi connectivity index (χ1) is 7.74. The monoisotopic (exact) mass is 222 g/mol. The van der Waals surface area contributed by atoms with Gasteiger partial charge in [-0.1, -0.05) is 13.8 Å². The fourth-order valence-corrected chi connectivity index (χ4v) is 2.00. The van der Waals surface area contributed by atoms with Crippen LogP contribution in [0.25, 0.3) is 0 Å². The van der Waals surface area contributed by atoms with Crippen molar-refractivity contribution in [3.05, 3.63) is 29.6 Å². The minimum absolute atomic E-state index is 0.197. The highest BCUT2D eigenvalue weighted by molar-refractivity contribution is 5.26. The van der Waals surface area contributed by atoms with E-state index in [0.717, 1.165) is 13.0 Å². The summed E-state index contributed by atoms with van der Waals surface area (Å²) in [6, 6.07) is 2.27. The van der Waals surface area contributed by atoms with Crippen LogP contribution in [0.4, 0.5) is 0 Å². The Morgan fingerprint density at radius 1 is 1.44 bits per heavy atom. The quantitative estimate of drug-likeness (QED) is 0.803. The fourth-order valence-electron chi connectivity index (χ4n) is 2.00. The number of nitrogens with one attached hydrogen (secondary N) is 1. The summed E-state index contributed by atoms with van der Waals surface area (Å²) in [6.45, 7) is 7.30. The molecular formula is C13H22N2O. The number of likely N-dealkylation sites (N-methyl/N-ethyl adjacent to an activating group) is 1. The maximum absolute atomic E-state index is 5.53. The van der Waals surface area contributed by atoms with Crippen LogP contribution in [0.2, 0.25) is 0 Å². The van der Waals surface area contributed by atoms with E-state index in [1.807, 2.05) is 18.5 Å². The Morgan fingerprint density at radius 2 is 2.19 bits per heavy atom. The van der Waals surface area contributed by atoms with Gasteiger partial charge in [-0.05, 0) is 37.1 Å². The molecule has 1 heterocycles. The van der Waals surface area contributed by atoms with E-state index in [1.54, 1.807) is 7.11 Å². The van der Waals surface area contributed by atoms with E-state index in [2.05, 4.69) is 31.1 Å². The number of rotatable bonds is 6. The first-order valence-electron chi connectivity index (χ1n) is 5.91. The highest BCUT2D eigenvalue weighted by Gasteiger charge is 2.22. The SMILES string of the molecule is CCNC(c1cnccc1C)C(CC)OC. The predicted molar refractivity (Wildman–Crippen MR) is 66.5 cm³/mol. The van der Waals surface area contributed by atoms with Gasteiger partial charge in [0.2, 0.25) is 0 Å². The number of methoxy groups -OCH3 is 1. The van der Waals surface area contributed by atoms with Gasteiger partial charge in [-0.15, -0.1) is 0 Å². The van der Waals surface area contributed by atoms with Gasteiger partial charge in [-0.2, -0.15) is 0 Å². The Morgan fingerprint density at radius 3 is 2.69 bits per heavy atom. The van der Waals surface area contributed by atoms with Crippen LogP contribution in [0, 0.1) is 6.92 Å². The van der Waals surface area contributed by atoms with Crippen LogP contribution in [-0.2, 0) is 4.74 Å². The Balaban J connectivity index is 2.97. The molecule has 0 aliphatic heterocycles. The van der Waals surface area contributed by atoms with Gasteiger partial charge in [0.05, 0.1) is 12.1 Å². The summed E-state index contributed by atoms with van der Waals surface area (Å²) in [7, 11) is 1.77. The molecule has 0 bridgehead atoms. The Labute approximate surface area is 98.2 Å². The van der Waals surface area contributed by atoms with Crippen molar-refractivity contribution in [1.29, 1.82) is 0 Å². The zero-order valence-corrected chi connectivity index (χ0v) is 10.7. The van der Waals surface area contributed by atoms with E-state index in [4.69, 9.17) is 4.74 Å². The fraction of sp³-hybridized carbons (Fsp3) is 0.615. The van der Waals surface area contributed by atoms with E-state index in [0.29, 0.717) is 0 Å². The lowest BCUT2D eigenvalue weighted by Crippen LogP contribution is -2.33. The van der Waals surface area contributed by atoms with Crippen molar-refractivity contribution in [2.24, 2.45) is 0 Å². The highest BCUT2D eigenvalue weighted by Crippen LogP contribution is 2.23. The number of pyridine rings is 1. The molecule has 2 unspecified atom stereocenters. The second-order valence-electron chi connectivity index (χ2n) is 3.95. The molecular weight excluding hydrogens is 200 g/mol. The van der Waals surface area contributed by atoms with Crippen LogP contribution >= 0.6 is 0 Å². The van der Waals surface area contributed by atoms with Crippen LogP contribution in [0.5, 0.6) is 0 Å². The second kappa shape index (κ2) is 6.61. The van der Waals surface area contributed by atoms with Gasteiger partial charge in [0.1, 0.15) is 0 Å². The Hall–Kier alpha value is -0.930. The summed E-state index contributed by atoms with van der Waals surface area (Å²) >= 11 is 0. The van der Waals surface area contributed by atoms with Crippen molar-refractivity contribution in [3.8, 4) is 0 Å². The summed E-state index contributed by atoms with van der Waals surface area (Å²) in [5.74, 6) is 0. The molecule has 0 radical (unpaired) electrons. The lowest BCUT2D eigenvalue weighted by atomic mass is 9.97. The average Bonchev–Trinajstić information content (AvgIpc) is 2.30. The summed E-state index contributed by atoms with van der Waals surface area (Å²) < 4.78 is 5.53. The van der Waals surface area contributed by atoms with Gasteiger partial charge < -0.3 is 10.1 Å². The van der Waals surface area contributed by atoms with Crippen molar-refractivity contribution in [2.45, 2.75) is 39.3 Å². The smallest absolute Gasteiger partial charge is 0.0764 e. The molecule has 0 aliphatic rings. The number of aromatic nitrogens is 1. The number of aryl methyl sites for hydroxylation is 1. The van der Waals surface area contributed by atoms with Gasteiger partial charge in [0.25, 0.3) is 0 Å². The third-order valence-corrected chi connectivity index (χ3v) is 2.92. The molecule has 0 spiro atoms. The zero-order chi connectivity index (χ0) is 12.0. The van der Waals surface area contributed by atoms with Crippen LogP contribution in [0.15, 0.2) is 18.5 Å². The Bertz CT molecular complexity index is 311. The van der Waals surface area contributed by atoms with Crippen molar-refractivity contribution >= 4 is 0 Å². The summed E-state index contributed by atoms with van der Waals surface area (Å²) in [5, 5.41) is 3.48. The molecule has 1 aromatic heterocycles. The number of ether oxygens (including phenoxy) is 1. The predicted octanol–water partition coefficient (Wildman–Crippen LogP) is 2.47. The standard InChI is InChI=1S/C13H22N2O/c1-5-12(16-4)13(15-6-2)11-9-14-8-7-10(11)3/h7-9,12-13,15H,5-6H2,1-4H3. The third kappa shape index (κ3) is 3.03. The van der Waals surface area contributed by atoms with Gasteiger partial charge in [0, 0.05) is 19.5 Å².